The lowest BCUT2D eigenvalue weighted by atomic mass is 10.1. The molecular weight excluding hydrogens is 288 g/mol. The zero-order valence-corrected chi connectivity index (χ0v) is 13.5. The van der Waals surface area contributed by atoms with Gasteiger partial charge in [0, 0.05) is 22.3 Å². The van der Waals surface area contributed by atoms with Gasteiger partial charge in [-0.25, -0.2) is 4.98 Å². The molecule has 0 atom stereocenters. The summed E-state index contributed by atoms with van der Waals surface area (Å²) in [7, 11) is 0. The molecule has 106 valence electrons. The third-order valence-corrected chi connectivity index (χ3v) is 4.23. The number of nitrogens with one attached hydrogen (secondary N) is 1. The van der Waals surface area contributed by atoms with Gasteiger partial charge < -0.3 is 5.32 Å². The van der Waals surface area contributed by atoms with Crippen molar-refractivity contribution in [3.05, 3.63) is 29.6 Å². The van der Waals surface area contributed by atoms with E-state index in [1.807, 2.05) is 19.2 Å². The van der Waals surface area contributed by atoms with Gasteiger partial charge in [0.2, 0.25) is 5.91 Å². The molecule has 0 unspecified atom stereocenters. The predicted molar refractivity (Wildman–Crippen MR) is 87.4 cm³/mol. The maximum atomic E-state index is 11.7. The molecule has 3 nitrogen and oxygen atoms in total. The summed E-state index contributed by atoms with van der Waals surface area (Å²) in [5, 5.41) is 5.49. The number of benzene rings is 1. The third-order valence-electron chi connectivity index (χ3n) is 2.73. The number of aromatic nitrogens is 1. The third kappa shape index (κ3) is 4.08. The zero-order valence-electron chi connectivity index (χ0n) is 11.8. The van der Waals surface area contributed by atoms with Crippen molar-refractivity contribution in [1.29, 1.82) is 0 Å². The lowest BCUT2D eigenvalue weighted by Crippen LogP contribution is -2.13. The van der Waals surface area contributed by atoms with Crippen LogP contribution in [0.1, 0.15) is 20.3 Å². The van der Waals surface area contributed by atoms with E-state index >= 15 is 0 Å². The molecule has 2 rings (SSSR count). The van der Waals surface area contributed by atoms with Gasteiger partial charge in [-0.2, -0.15) is 0 Å². The summed E-state index contributed by atoms with van der Waals surface area (Å²) >= 11 is 3.18. The highest BCUT2D eigenvalue weighted by atomic mass is 32.2. The SMILES string of the molecule is CSc1ccc(-c2csc(NC(=O)CC(C)C)n2)cc1. The first-order valence-corrected chi connectivity index (χ1v) is 8.58. The number of carbonyl (C=O) groups excluding carboxylic acids is 1. The van der Waals surface area contributed by atoms with Crippen LogP contribution in [0.5, 0.6) is 0 Å². The molecule has 0 aliphatic carbocycles. The number of anilines is 1. The van der Waals surface area contributed by atoms with Crippen molar-refractivity contribution in [2.75, 3.05) is 11.6 Å². The van der Waals surface area contributed by atoms with Gasteiger partial charge >= 0.3 is 0 Å². The maximum Gasteiger partial charge on any atom is 0.226 e. The molecule has 1 amide bonds. The molecule has 1 heterocycles. The monoisotopic (exact) mass is 306 g/mol. The van der Waals surface area contributed by atoms with E-state index in [0.717, 1.165) is 11.3 Å². The lowest BCUT2D eigenvalue weighted by molar-refractivity contribution is -0.116. The number of rotatable bonds is 5. The summed E-state index contributed by atoms with van der Waals surface area (Å²) in [6, 6.07) is 8.27. The Balaban J connectivity index is 2.06. The van der Waals surface area contributed by atoms with E-state index in [1.54, 1.807) is 11.8 Å². The second kappa shape index (κ2) is 6.90. The predicted octanol–water partition coefficient (Wildman–Crippen LogP) is 4.52. The number of hydrogen-bond acceptors (Lipinski definition) is 4. The van der Waals surface area contributed by atoms with Crippen molar-refractivity contribution in [1.82, 2.24) is 4.98 Å². The summed E-state index contributed by atoms with van der Waals surface area (Å²) in [5.74, 6) is 0.382. The normalized spacial score (nSPS) is 10.8. The maximum absolute atomic E-state index is 11.7. The average Bonchev–Trinajstić information content (AvgIpc) is 2.86. The highest BCUT2D eigenvalue weighted by molar-refractivity contribution is 7.98. The second-order valence-electron chi connectivity index (χ2n) is 4.91. The van der Waals surface area contributed by atoms with Crippen LogP contribution in [0.3, 0.4) is 0 Å². The van der Waals surface area contributed by atoms with Crippen LogP contribution < -0.4 is 5.32 Å². The number of nitrogens with zero attached hydrogens (tertiary/aromatic N) is 1. The van der Waals surface area contributed by atoms with Gasteiger partial charge in [-0.15, -0.1) is 23.1 Å². The highest BCUT2D eigenvalue weighted by Crippen LogP contribution is 2.26. The second-order valence-corrected chi connectivity index (χ2v) is 6.65. The minimum Gasteiger partial charge on any atom is -0.302 e. The standard InChI is InChI=1S/C15H18N2OS2/c1-10(2)8-14(18)17-15-16-13(9-20-15)11-4-6-12(19-3)7-5-11/h4-7,9-10H,8H2,1-3H3,(H,16,17,18). The summed E-state index contributed by atoms with van der Waals surface area (Å²) < 4.78 is 0. The number of thioether (sulfide) groups is 1. The van der Waals surface area contributed by atoms with E-state index in [-0.39, 0.29) is 5.91 Å². The Hall–Kier alpha value is -1.33. The minimum atomic E-state index is 0.0265. The molecule has 0 spiro atoms. The molecule has 1 aromatic heterocycles. The van der Waals surface area contributed by atoms with Crippen LogP contribution in [-0.4, -0.2) is 17.1 Å². The quantitative estimate of drug-likeness (QED) is 0.826. The fourth-order valence-corrected chi connectivity index (χ4v) is 2.91. The number of amides is 1. The van der Waals surface area contributed by atoms with E-state index in [4.69, 9.17) is 0 Å². The molecule has 1 N–H and O–H groups in total. The Labute approximate surface area is 127 Å². The van der Waals surface area contributed by atoms with Crippen molar-refractivity contribution in [3.8, 4) is 11.3 Å². The van der Waals surface area contributed by atoms with E-state index in [0.29, 0.717) is 17.5 Å². The van der Waals surface area contributed by atoms with Gasteiger partial charge in [-0.3, -0.25) is 4.79 Å². The van der Waals surface area contributed by atoms with Crippen LogP contribution in [0, 0.1) is 5.92 Å². The minimum absolute atomic E-state index is 0.0265. The Bertz CT molecular complexity index is 576. The van der Waals surface area contributed by atoms with E-state index in [9.17, 15) is 4.79 Å². The molecule has 0 aliphatic heterocycles. The molecule has 1 aromatic carbocycles. The molecule has 0 aliphatic rings. The van der Waals surface area contributed by atoms with Crippen molar-refractivity contribution >= 4 is 34.1 Å². The Kier molecular flexibility index (Phi) is 5.20. The largest absolute Gasteiger partial charge is 0.302 e. The summed E-state index contributed by atoms with van der Waals surface area (Å²) in [4.78, 5) is 17.4. The molecular formula is C15H18N2OS2. The van der Waals surface area contributed by atoms with Crippen LogP contribution in [0.15, 0.2) is 34.5 Å². The van der Waals surface area contributed by atoms with Crippen molar-refractivity contribution < 1.29 is 4.79 Å². The van der Waals surface area contributed by atoms with Gasteiger partial charge in [0.25, 0.3) is 0 Å². The van der Waals surface area contributed by atoms with Crippen LogP contribution in [0.4, 0.5) is 5.13 Å². The van der Waals surface area contributed by atoms with Crippen LogP contribution in [0.25, 0.3) is 11.3 Å². The van der Waals surface area contributed by atoms with Gasteiger partial charge in [0.1, 0.15) is 0 Å². The molecule has 20 heavy (non-hydrogen) atoms. The van der Waals surface area contributed by atoms with Gasteiger partial charge in [0.15, 0.2) is 5.13 Å². The number of carbonyl (C=O) groups is 1. The summed E-state index contributed by atoms with van der Waals surface area (Å²) in [6.07, 6.45) is 2.58. The van der Waals surface area contributed by atoms with Gasteiger partial charge in [0.05, 0.1) is 5.69 Å². The Morgan fingerprint density at radius 1 is 1.35 bits per heavy atom. The average molecular weight is 306 g/mol. The van der Waals surface area contributed by atoms with Crippen LogP contribution >= 0.6 is 23.1 Å². The fraction of sp³-hybridized carbons (Fsp3) is 0.333. The first kappa shape index (κ1) is 15.1. The molecule has 0 saturated heterocycles. The molecule has 0 saturated carbocycles. The number of hydrogen-bond donors (Lipinski definition) is 1. The van der Waals surface area contributed by atoms with Crippen molar-refractivity contribution in [2.45, 2.75) is 25.2 Å². The molecule has 2 aromatic rings. The topological polar surface area (TPSA) is 42.0 Å². The van der Waals surface area contributed by atoms with Gasteiger partial charge in [-0.05, 0) is 24.3 Å². The van der Waals surface area contributed by atoms with Crippen molar-refractivity contribution in [3.63, 3.8) is 0 Å². The lowest BCUT2D eigenvalue weighted by Gasteiger charge is -2.03. The van der Waals surface area contributed by atoms with Gasteiger partial charge in [-0.1, -0.05) is 26.0 Å². The summed E-state index contributed by atoms with van der Waals surface area (Å²) in [5.41, 5.74) is 1.98. The Morgan fingerprint density at radius 3 is 2.65 bits per heavy atom. The first-order chi connectivity index (χ1) is 9.58. The fourth-order valence-electron chi connectivity index (χ4n) is 1.77. The smallest absolute Gasteiger partial charge is 0.226 e. The molecule has 0 bridgehead atoms. The molecule has 0 fully saturated rings. The van der Waals surface area contributed by atoms with E-state index < -0.39 is 0 Å². The van der Waals surface area contributed by atoms with Crippen LogP contribution in [-0.2, 0) is 4.79 Å². The van der Waals surface area contributed by atoms with E-state index in [2.05, 4.69) is 40.8 Å². The zero-order chi connectivity index (χ0) is 14.5. The van der Waals surface area contributed by atoms with E-state index in [1.165, 1.54) is 16.2 Å². The van der Waals surface area contributed by atoms with Crippen LogP contribution in [0.2, 0.25) is 0 Å². The molecule has 0 radical (unpaired) electrons. The summed E-state index contributed by atoms with van der Waals surface area (Å²) in [6.45, 7) is 4.06. The first-order valence-electron chi connectivity index (χ1n) is 6.48. The highest BCUT2D eigenvalue weighted by Gasteiger charge is 2.09. The Morgan fingerprint density at radius 2 is 2.05 bits per heavy atom. The molecule has 5 heteroatoms. The van der Waals surface area contributed by atoms with Crippen molar-refractivity contribution in [2.24, 2.45) is 5.92 Å². The number of thiazole rings is 1.